The molecule has 0 unspecified atom stereocenters. The molecule has 0 spiro atoms. The number of rotatable bonds is 4. The van der Waals surface area contributed by atoms with Crippen molar-refractivity contribution in [1.29, 1.82) is 0 Å². The van der Waals surface area contributed by atoms with E-state index in [4.69, 9.17) is 9.47 Å². The van der Waals surface area contributed by atoms with Gasteiger partial charge in [0.15, 0.2) is 0 Å². The van der Waals surface area contributed by atoms with Crippen LogP contribution < -0.4 is 9.47 Å². The lowest BCUT2D eigenvalue weighted by Crippen LogP contribution is -2.12. The summed E-state index contributed by atoms with van der Waals surface area (Å²) in [6.45, 7) is 12.7. The van der Waals surface area contributed by atoms with Crippen LogP contribution in [0.1, 0.15) is 52.7 Å². The molecular formula is C24H28O4. The van der Waals surface area contributed by atoms with E-state index in [0.29, 0.717) is 11.5 Å². The monoisotopic (exact) mass is 380 g/mol. The SMILES string of the molecule is CC(C)(C)c1ccc(OC(=O)/C=C/C(=O)Oc2ccc(C(C)(C)C)cc2)cc1. The lowest BCUT2D eigenvalue weighted by atomic mass is 9.87. The molecule has 2 aromatic carbocycles. The highest BCUT2D eigenvalue weighted by Gasteiger charge is 2.14. The normalized spacial score (nSPS) is 12.1. The van der Waals surface area contributed by atoms with Crippen molar-refractivity contribution in [3.8, 4) is 11.5 Å². The van der Waals surface area contributed by atoms with E-state index in [-0.39, 0.29) is 10.8 Å². The fourth-order valence-corrected chi connectivity index (χ4v) is 2.48. The number of hydrogen-bond acceptors (Lipinski definition) is 4. The highest BCUT2D eigenvalue weighted by molar-refractivity contribution is 5.93. The molecule has 0 saturated carbocycles. The van der Waals surface area contributed by atoms with Gasteiger partial charge in [0.05, 0.1) is 0 Å². The van der Waals surface area contributed by atoms with Crippen molar-refractivity contribution >= 4 is 11.9 Å². The number of benzene rings is 2. The molecule has 0 aliphatic heterocycles. The van der Waals surface area contributed by atoms with E-state index in [1.54, 1.807) is 24.3 Å². The van der Waals surface area contributed by atoms with Crippen molar-refractivity contribution in [3.05, 3.63) is 71.8 Å². The topological polar surface area (TPSA) is 52.6 Å². The van der Waals surface area contributed by atoms with Gasteiger partial charge >= 0.3 is 11.9 Å². The lowest BCUT2D eigenvalue weighted by Gasteiger charge is -2.19. The summed E-state index contributed by atoms with van der Waals surface area (Å²) in [5.74, 6) is -0.422. The second kappa shape index (κ2) is 8.42. The van der Waals surface area contributed by atoms with Crippen LogP contribution in [-0.4, -0.2) is 11.9 Å². The minimum Gasteiger partial charge on any atom is -0.423 e. The smallest absolute Gasteiger partial charge is 0.336 e. The average Bonchev–Trinajstić information content (AvgIpc) is 2.59. The molecule has 0 radical (unpaired) electrons. The van der Waals surface area contributed by atoms with E-state index >= 15 is 0 Å². The van der Waals surface area contributed by atoms with E-state index in [0.717, 1.165) is 23.3 Å². The van der Waals surface area contributed by atoms with Gasteiger partial charge in [-0.15, -0.1) is 0 Å². The van der Waals surface area contributed by atoms with Gasteiger partial charge in [0, 0.05) is 12.2 Å². The number of hydrogen-bond donors (Lipinski definition) is 0. The van der Waals surface area contributed by atoms with Gasteiger partial charge < -0.3 is 9.47 Å². The van der Waals surface area contributed by atoms with Crippen LogP contribution in [0.4, 0.5) is 0 Å². The van der Waals surface area contributed by atoms with Crippen molar-refractivity contribution in [2.24, 2.45) is 0 Å². The first kappa shape index (κ1) is 21.4. The molecule has 4 nitrogen and oxygen atoms in total. The summed E-state index contributed by atoms with van der Waals surface area (Å²) in [7, 11) is 0. The molecule has 2 rings (SSSR count). The second-order valence-electron chi connectivity index (χ2n) is 8.72. The molecule has 4 heteroatoms. The van der Waals surface area contributed by atoms with Gasteiger partial charge in [-0.25, -0.2) is 9.59 Å². The number of carbonyl (C=O) groups is 2. The third-order valence-corrected chi connectivity index (χ3v) is 4.23. The quantitative estimate of drug-likeness (QED) is 0.408. The zero-order valence-electron chi connectivity index (χ0n) is 17.4. The van der Waals surface area contributed by atoms with Gasteiger partial charge in [0.2, 0.25) is 0 Å². The largest absolute Gasteiger partial charge is 0.423 e. The Balaban J connectivity index is 1.90. The maximum atomic E-state index is 11.9. The Kier molecular flexibility index (Phi) is 6.45. The summed E-state index contributed by atoms with van der Waals surface area (Å²) >= 11 is 0. The average molecular weight is 380 g/mol. The zero-order valence-corrected chi connectivity index (χ0v) is 17.4. The molecule has 148 valence electrons. The van der Waals surface area contributed by atoms with Crippen LogP contribution in [0.3, 0.4) is 0 Å². The molecule has 0 saturated heterocycles. The van der Waals surface area contributed by atoms with E-state index in [1.807, 2.05) is 24.3 Å². The molecule has 0 aromatic heterocycles. The van der Waals surface area contributed by atoms with Crippen LogP contribution in [0.5, 0.6) is 11.5 Å². The molecule has 0 atom stereocenters. The van der Waals surface area contributed by atoms with Crippen LogP contribution in [0.25, 0.3) is 0 Å². The van der Waals surface area contributed by atoms with Gasteiger partial charge in [0.25, 0.3) is 0 Å². The lowest BCUT2D eigenvalue weighted by molar-refractivity contribution is -0.131. The zero-order chi connectivity index (χ0) is 20.9. The first-order valence-corrected chi connectivity index (χ1v) is 9.28. The third kappa shape index (κ3) is 6.38. The molecular weight excluding hydrogens is 352 g/mol. The second-order valence-corrected chi connectivity index (χ2v) is 8.72. The molecule has 28 heavy (non-hydrogen) atoms. The van der Waals surface area contributed by atoms with Gasteiger partial charge in [-0.1, -0.05) is 65.8 Å². The molecule has 0 amide bonds. The highest BCUT2D eigenvalue weighted by Crippen LogP contribution is 2.25. The van der Waals surface area contributed by atoms with Crippen LogP contribution in [0.2, 0.25) is 0 Å². The number of esters is 2. The van der Waals surface area contributed by atoms with Crippen LogP contribution in [0.15, 0.2) is 60.7 Å². The van der Waals surface area contributed by atoms with Crippen LogP contribution in [-0.2, 0) is 20.4 Å². The van der Waals surface area contributed by atoms with Crippen molar-refractivity contribution < 1.29 is 19.1 Å². The molecule has 0 aliphatic rings. The summed E-state index contributed by atoms with van der Waals surface area (Å²) in [4.78, 5) is 23.8. The predicted octanol–water partition coefficient (Wildman–Crippen LogP) is 5.35. The summed E-state index contributed by atoms with van der Waals surface area (Å²) in [6, 6.07) is 14.6. The summed E-state index contributed by atoms with van der Waals surface area (Å²) < 4.78 is 10.4. The van der Waals surface area contributed by atoms with Crippen LogP contribution >= 0.6 is 0 Å². The Bertz CT molecular complexity index is 772. The number of carbonyl (C=O) groups excluding carboxylic acids is 2. The van der Waals surface area contributed by atoms with Crippen molar-refractivity contribution in [2.75, 3.05) is 0 Å². The summed E-state index contributed by atoms with van der Waals surface area (Å²) in [5, 5.41) is 0. The van der Waals surface area contributed by atoms with Gasteiger partial charge in [-0.3, -0.25) is 0 Å². The van der Waals surface area contributed by atoms with Crippen LogP contribution in [0, 0.1) is 0 Å². The molecule has 0 bridgehead atoms. The molecule has 0 aliphatic carbocycles. The Hall–Kier alpha value is -2.88. The van der Waals surface area contributed by atoms with Crippen molar-refractivity contribution in [3.63, 3.8) is 0 Å². The van der Waals surface area contributed by atoms with E-state index in [9.17, 15) is 9.59 Å². The Morgan fingerprint density at radius 1 is 0.607 bits per heavy atom. The van der Waals surface area contributed by atoms with E-state index in [2.05, 4.69) is 41.5 Å². The van der Waals surface area contributed by atoms with Gasteiger partial charge in [-0.05, 0) is 46.2 Å². The standard InChI is InChI=1S/C24H28O4/c1-23(2,3)17-7-11-19(12-8-17)27-21(25)15-16-22(26)28-20-13-9-18(10-14-20)24(4,5)6/h7-16H,1-6H3/b16-15+. The maximum absolute atomic E-state index is 11.9. The Labute approximate surface area is 167 Å². The van der Waals surface area contributed by atoms with Crippen molar-refractivity contribution in [2.45, 2.75) is 52.4 Å². The molecule has 0 heterocycles. The fraction of sp³-hybridized carbons (Fsp3) is 0.333. The third-order valence-electron chi connectivity index (χ3n) is 4.23. The molecule has 0 N–H and O–H groups in total. The molecule has 0 fully saturated rings. The van der Waals surface area contributed by atoms with E-state index < -0.39 is 11.9 Å². The first-order chi connectivity index (χ1) is 12.9. The Morgan fingerprint density at radius 2 is 0.893 bits per heavy atom. The number of ether oxygens (including phenoxy) is 2. The Morgan fingerprint density at radius 3 is 1.14 bits per heavy atom. The van der Waals surface area contributed by atoms with E-state index in [1.165, 1.54) is 0 Å². The fourth-order valence-electron chi connectivity index (χ4n) is 2.48. The minimum absolute atomic E-state index is 0.0251. The minimum atomic E-state index is -0.636. The maximum Gasteiger partial charge on any atom is 0.336 e. The summed E-state index contributed by atoms with van der Waals surface area (Å²) in [5.41, 5.74) is 2.34. The van der Waals surface area contributed by atoms with Crippen molar-refractivity contribution in [1.82, 2.24) is 0 Å². The molecule has 2 aromatic rings. The van der Waals surface area contributed by atoms with Gasteiger partial charge in [0.1, 0.15) is 11.5 Å². The highest BCUT2D eigenvalue weighted by atomic mass is 16.5. The summed E-state index contributed by atoms with van der Waals surface area (Å²) in [6.07, 6.45) is 2.12. The predicted molar refractivity (Wildman–Crippen MR) is 111 cm³/mol. The first-order valence-electron chi connectivity index (χ1n) is 9.28. The van der Waals surface area contributed by atoms with Gasteiger partial charge in [-0.2, -0.15) is 0 Å².